The summed E-state index contributed by atoms with van der Waals surface area (Å²) in [7, 11) is 6.16. The van der Waals surface area contributed by atoms with Crippen LogP contribution in [0.5, 0.6) is 5.75 Å². The summed E-state index contributed by atoms with van der Waals surface area (Å²) in [6.07, 6.45) is 3.15. The van der Waals surface area contributed by atoms with Crippen LogP contribution in [0.2, 0.25) is 0 Å². The fourth-order valence-electron chi connectivity index (χ4n) is 2.20. The van der Waals surface area contributed by atoms with E-state index < -0.39 is 5.82 Å². The van der Waals surface area contributed by atoms with Gasteiger partial charge in [0.15, 0.2) is 17.5 Å². The number of pyridine rings is 1. The fraction of sp³-hybridized carbons (Fsp3) is 0.188. The highest BCUT2D eigenvalue weighted by Crippen LogP contribution is 2.38. The normalized spacial score (nSPS) is 12.5. The zero-order valence-electron chi connectivity index (χ0n) is 13.8. The number of hydrogen-bond acceptors (Lipinski definition) is 5. The highest BCUT2D eigenvalue weighted by atomic mass is 35.7. The van der Waals surface area contributed by atoms with E-state index in [1.165, 1.54) is 12.1 Å². The molecule has 0 bridgehead atoms. The number of ether oxygens (including phenoxy) is 1. The third-order valence-electron chi connectivity index (χ3n) is 3.29. The Balaban J connectivity index is 2.63. The summed E-state index contributed by atoms with van der Waals surface area (Å²) < 4.78 is 36.0. The molecular formula is C16H15ClF2N4OS2. The van der Waals surface area contributed by atoms with E-state index in [1.807, 2.05) is 13.8 Å². The van der Waals surface area contributed by atoms with Crippen molar-refractivity contribution >= 4 is 45.2 Å². The van der Waals surface area contributed by atoms with Gasteiger partial charge in [-0.25, -0.2) is 4.39 Å². The van der Waals surface area contributed by atoms with Crippen molar-refractivity contribution in [3.8, 4) is 16.9 Å². The van der Waals surface area contributed by atoms with Crippen molar-refractivity contribution in [1.82, 2.24) is 4.98 Å². The van der Waals surface area contributed by atoms with Gasteiger partial charge in [-0.2, -0.15) is 4.99 Å². The van der Waals surface area contributed by atoms with Gasteiger partial charge in [-0.1, -0.05) is 13.8 Å². The van der Waals surface area contributed by atoms with Crippen molar-refractivity contribution in [3.63, 3.8) is 0 Å². The molecule has 2 rings (SSSR count). The van der Waals surface area contributed by atoms with Crippen LogP contribution in [0.1, 0.15) is 25.3 Å². The third-order valence-corrected chi connectivity index (χ3v) is 4.24. The van der Waals surface area contributed by atoms with Crippen LogP contribution >= 0.6 is 34.0 Å². The van der Waals surface area contributed by atoms with Crippen molar-refractivity contribution in [1.29, 1.82) is 0 Å². The topological polar surface area (TPSA) is 72.9 Å². The molecule has 1 aromatic carbocycles. The number of aliphatic imine (C=N–C) groups is 1. The molecule has 0 aliphatic carbocycles. The van der Waals surface area contributed by atoms with E-state index >= 15 is 0 Å². The van der Waals surface area contributed by atoms with Gasteiger partial charge in [0, 0.05) is 34.5 Å². The van der Waals surface area contributed by atoms with Crippen molar-refractivity contribution in [2.24, 2.45) is 15.1 Å². The summed E-state index contributed by atoms with van der Waals surface area (Å²) in [5.74, 6) is -0.202. The first-order valence-corrected chi connectivity index (χ1v) is 9.68. The van der Waals surface area contributed by atoms with Crippen LogP contribution in [0.3, 0.4) is 0 Å². The third kappa shape index (κ3) is 5.33. The summed E-state index contributed by atoms with van der Waals surface area (Å²) in [5, 5.41) is -0.0712. The highest BCUT2D eigenvalue weighted by molar-refractivity contribution is 8.32. The highest BCUT2D eigenvalue weighted by Gasteiger charge is 2.19. The molecule has 0 amide bonds. The largest absolute Gasteiger partial charge is 0.423 e. The molecular weight excluding hydrogens is 402 g/mol. The predicted octanol–water partition coefficient (Wildman–Crippen LogP) is 5.48. The van der Waals surface area contributed by atoms with E-state index in [1.54, 1.807) is 24.5 Å². The van der Waals surface area contributed by atoms with Crippen LogP contribution < -0.4 is 10.5 Å². The van der Waals surface area contributed by atoms with Gasteiger partial charge in [0.05, 0.1) is 0 Å². The van der Waals surface area contributed by atoms with Gasteiger partial charge in [0.25, 0.3) is 0 Å². The summed E-state index contributed by atoms with van der Waals surface area (Å²) in [6, 6.07) is 5.75. The number of nitrogens with zero attached hydrogens (tertiary/aromatic N) is 3. The number of nitrogens with two attached hydrogens (primary N) is 1. The molecule has 138 valence electrons. The molecule has 1 aromatic heterocycles. The first-order valence-electron chi connectivity index (χ1n) is 7.36. The number of rotatable bonds is 4. The van der Waals surface area contributed by atoms with E-state index in [0.29, 0.717) is 33.4 Å². The number of halogens is 3. The number of benzene rings is 1. The van der Waals surface area contributed by atoms with E-state index in [9.17, 15) is 8.28 Å². The molecule has 0 saturated carbocycles. The lowest BCUT2D eigenvalue weighted by Gasteiger charge is -2.17. The van der Waals surface area contributed by atoms with E-state index in [2.05, 4.69) is 14.4 Å². The molecule has 1 heterocycles. The molecule has 10 heteroatoms. The quantitative estimate of drug-likeness (QED) is 0.406. The van der Waals surface area contributed by atoms with Crippen LogP contribution in [-0.4, -0.2) is 16.2 Å². The Morgan fingerprint density at radius 3 is 2.58 bits per heavy atom. The molecule has 2 aromatic rings. The molecule has 0 atom stereocenters. The van der Waals surface area contributed by atoms with Gasteiger partial charge in [-0.05, 0) is 46.4 Å². The average Bonchev–Trinajstić information content (AvgIpc) is 2.63. The van der Waals surface area contributed by atoms with Crippen LogP contribution in [0.15, 0.2) is 46.0 Å². The van der Waals surface area contributed by atoms with E-state index in [4.69, 9.17) is 21.2 Å². The molecule has 0 fully saturated rings. The second-order valence-corrected chi connectivity index (χ2v) is 6.69. The molecule has 26 heavy (non-hydrogen) atoms. The lowest BCUT2D eigenvalue weighted by molar-refractivity contribution is 0.529. The van der Waals surface area contributed by atoms with Gasteiger partial charge < -0.3 is 10.5 Å². The van der Waals surface area contributed by atoms with Crippen molar-refractivity contribution in [3.05, 3.63) is 48.0 Å². The Bertz CT molecular complexity index is 819. The first kappa shape index (κ1) is 20.5. The SMILES string of the molecule is CC(C)c1cc(F)cc(-c2ccncc2)c1OC(=N\SF)/N=C(\N)SCl. The monoisotopic (exact) mass is 416 g/mol. The molecule has 0 aliphatic heterocycles. The van der Waals surface area contributed by atoms with Gasteiger partial charge in [0.2, 0.25) is 0 Å². The smallest absolute Gasteiger partial charge is 0.333 e. The maximum atomic E-state index is 14.2. The Morgan fingerprint density at radius 1 is 1.31 bits per heavy atom. The minimum absolute atomic E-state index is 0.0712. The van der Waals surface area contributed by atoms with Gasteiger partial charge in [0.1, 0.15) is 11.6 Å². The second kappa shape index (κ2) is 9.75. The molecule has 2 N–H and O–H groups in total. The Hall–Kier alpha value is -1.84. The lowest BCUT2D eigenvalue weighted by Crippen LogP contribution is -2.14. The zero-order chi connectivity index (χ0) is 19.1. The number of hydrogen-bond donors (Lipinski definition) is 1. The minimum Gasteiger partial charge on any atom is -0.423 e. The van der Waals surface area contributed by atoms with Gasteiger partial charge in [-0.15, -0.1) is 8.28 Å². The second-order valence-electron chi connectivity index (χ2n) is 5.33. The Labute approximate surface area is 163 Å². The number of amidine groups is 2. The number of aromatic nitrogens is 1. The van der Waals surface area contributed by atoms with Crippen molar-refractivity contribution in [2.45, 2.75) is 19.8 Å². The molecule has 0 unspecified atom stereocenters. The van der Waals surface area contributed by atoms with Crippen LogP contribution in [0, 0.1) is 5.82 Å². The summed E-state index contributed by atoms with van der Waals surface area (Å²) in [5.41, 5.74) is 7.25. The lowest BCUT2D eigenvalue weighted by atomic mass is 9.95. The van der Waals surface area contributed by atoms with Gasteiger partial charge in [-0.3, -0.25) is 4.98 Å². The molecule has 0 radical (unpaired) electrons. The predicted molar refractivity (Wildman–Crippen MR) is 106 cm³/mol. The standard InChI is InChI=1S/C16H15ClF2N4OS2/c1-9(2)12-7-11(18)8-13(10-3-5-21-6-4-10)14(12)24-16(23-26-19)22-15(20)25-17/h3-9H,1-2H3,(H2,20,22,23). The zero-order valence-corrected chi connectivity index (χ0v) is 16.2. The summed E-state index contributed by atoms with van der Waals surface area (Å²) in [6.45, 7) is 3.76. The first-order chi connectivity index (χ1) is 12.5. The average molecular weight is 417 g/mol. The Kier molecular flexibility index (Phi) is 7.67. The van der Waals surface area contributed by atoms with Crippen LogP contribution in [0.25, 0.3) is 11.1 Å². The fourth-order valence-corrected chi connectivity index (χ4v) is 2.55. The Morgan fingerprint density at radius 2 is 2.00 bits per heavy atom. The van der Waals surface area contributed by atoms with Crippen LogP contribution in [-0.2, 0) is 0 Å². The van der Waals surface area contributed by atoms with E-state index in [-0.39, 0.29) is 29.4 Å². The molecule has 0 spiro atoms. The maximum absolute atomic E-state index is 14.2. The van der Waals surface area contributed by atoms with Crippen LogP contribution in [0.4, 0.5) is 8.28 Å². The van der Waals surface area contributed by atoms with E-state index in [0.717, 1.165) is 0 Å². The van der Waals surface area contributed by atoms with Gasteiger partial charge >= 0.3 is 6.02 Å². The van der Waals surface area contributed by atoms with Crippen molar-refractivity contribution < 1.29 is 13.0 Å². The summed E-state index contributed by atoms with van der Waals surface area (Å²) >= 11 is -0.336. The summed E-state index contributed by atoms with van der Waals surface area (Å²) in [4.78, 5) is 7.78. The minimum atomic E-state index is -0.425. The maximum Gasteiger partial charge on any atom is 0.333 e. The molecule has 5 nitrogen and oxygen atoms in total. The molecule has 0 aliphatic rings. The van der Waals surface area contributed by atoms with Crippen molar-refractivity contribution in [2.75, 3.05) is 0 Å². The molecule has 0 saturated heterocycles.